The molecule has 0 aliphatic heterocycles. The highest BCUT2D eigenvalue weighted by molar-refractivity contribution is 9.09. The largest absolute Gasteiger partial charge is 0.359 e. The van der Waals surface area contributed by atoms with Gasteiger partial charge in [0.2, 0.25) is 0 Å². The zero-order chi connectivity index (χ0) is 9.03. The van der Waals surface area contributed by atoms with Crippen LogP contribution in [0.4, 0.5) is 0 Å². The molecule has 0 saturated heterocycles. The van der Waals surface area contributed by atoms with Gasteiger partial charge in [-0.25, -0.2) is 0 Å². The second-order valence-electron chi connectivity index (χ2n) is 2.09. The van der Waals surface area contributed by atoms with Crippen LogP contribution in [0.25, 0.3) is 0 Å². The van der Waals surface area contributed by atoms with Crippen molar-refractivity contribution < 1.29 is 14.0 Å². The van der Waals surface area contributed by atoms with Crippen LogP contribution < -0.4 is 5.30 Å². The third-order valence-corrected chi connectivity index (χ3v) is 3.32. The summed E-state index contributed by atoms with van der Waals surface area (Å²) in [6, 6.07) is 8.27. The standard InChI is InChI=1S/C7H8BrO3P/c8-6-11-12(9,10)7-4-2-1-3-5-7/h1-5H,6H2,(H,9,10). The van der Waals surface area contributed by atoms with Gasteiger partial charge in [0.25, 0.3) is 0 Å². The summed E-state index contributed by atoms with van der Waals surface area (Å²) < 4.78 is 16.0. The van der Waals surface area contributed by atoms with Gasteiger partial charge in [0, 0.05) is 0 Å². The zero-order valence-corrected chi connectivity index (χ0v) is 8.66. The maximum Gasteiger partial charge on any atom is 0.359 e. The molecule has 0 aliphatic carbocycles. The summed E-state index contributed by atoms with van der Waals surface area (Å²) >= 11 is 2.93. The van der Waals surface area contributed by atoms with Gasteiger partial charge in [0.1, 0.15) is 5.52 Å². The zero-order valence-electron chi connectivity index (χ0n) is 6.18. The van der Waals surface area contributed by atoms with Crippen molar-refractivity contribution >= 4 is 28.8 Å². The minimum atomic E-state index is -3.59. The monoisotopic (exact) mass is 250 g/mol. The lowest BCUT2D eigenvalue weighted by Gasteiger charge is -2.08. The average molecular weight is 251 g/mol. The highest BCUT2D eigenvalue weighted by Gasteiger charge is 2.20. The molecular formula is C7H8BrO3P. The first-order valence-electron chi connectivity index (χ1n) is 3.26. The van der Waals surface area contributed by atoms with Crippen molar-refractivity contribution in [1.82, 2.24) is 0 Å². The van der Waals surface area contributed by atoms with Gasteiger partial charge in [-0.1, -0.05) is 34.1 Å². The van der Waals surface area contributed by atoms with Crippen LogP contribution >= 0.6 is 23.5 Å². The maximum atomic E-state index is 11.3. The fourth-order valence-corrected chi connectivity index (χ4v) is 2.42. The van der Waals surface area contributed by atoms with E-state index in [1.165, 1.54) is 0 Å². The fourth-order valence-electron chi connectivity index (χ4n) is 0.757. The molecule has 1 N–H and O–H groups in total. The Balaban J connectivity index is 2.90. The van der Waals surface area contributed by atoms with Crippen molar-refractivity contribution in [2.24, 2.45) is 0 Å². The molecule has 0 heterocycles. The molecule has 0 aliphatic rings. The molecule has 0 fully saturated rings. The summed E-state index contributed by atoms with van der Waals surface area (Å²) in [5.41, 5.74) is 0.0513. The molecule has 1 aromatic carbocycles. The van der Waals surface area contributed by atoms with Crippen molar-refractivity contribution in [2.45, 2.75) is 0 Å². The Labute approximate surface area is 79.0 Å². The second kappa shape index (κ2) is 4.19. The van der Waals surface area contributed by atoms with E-state index in [-0.39, 0.29) is 5.52 Å². The minimum Gasteiger partial charge on any atom is -0.321 e. The minimum absolute atomic E-state index is 0.0513. The van der Waals surface area contributed by atoms with Crippen LogP contribution in [-0.4, -0.2) is 10.4 Å². The molecule has 1 unspecified atom stereocenters. The highest BCUT2D eigenvalue weighted by Crippen LogP contribution is 2.40. The Morgan fingerprint density at radius 2 is 2.00 bits per heavy atom. The number of halogens is 1. The molecule has 0 saturated carbocycles. The first-order chi connectivity index (χ1) is 5.67. The first-order valence-corrected chi connectivity index (χ1v) is 5.95. The highest BCUT2D eigenvalue weighted by atomic mass is 79.9. The lowest BCUT2D eigenvalue weighted by Crippen LogP contribution is -2.05. The Kier molecular flexibility index (Phi) is 3.47. The SMILES string of the molecule is O=P(O)(OCBr)c1ccccc1. The first kappa shape index (κ1) is 9.93. The molecule has 5 heteroatoms. The fraction of sp³-hybridized carbons (Fsp3) is 0.143. The van der Waals surface area contributed by atoms with E-state index in [0.717, 1.165) is 0 Å². The molecule has 12 heavy (non-hydrogen) atoms. The van der Waals surface area contributed by atoms with E-state index in [1.54, 1.807) is 30.3 Å². The predicted octanol–water partition coefficient (Wildman–Crippen LogP) is 1.87. The summed E-state index contributed by atoms with van der Waals surface area (Å²) in [5, 5.41) is 0.310. The van der Waals surface area contributed by atoms with Crippen LogP contribution in [0.15, 0.2) is 30.3 Å². The van der Waals surface area contributed by atoms with Gasteiger partial charge in [-0.3, -0.25) is 9.09 Å². The van der Waals surface area contributed by atoms with Crippen LogP contribution in [0.3, 0.4) is 0 Å². The lowest BCUT2D eigenvalue weighted by atomic mass is 10.4. The van der Waals surface area contributed by atoms with E-state index in [4.69, 9.17) is 0 Å². The molecule has 0 amide bonds. The van der Waals surface area contributed by atoms with Crippen molar-refractivity contribution in [3.05, 3.63) is 30.3 Å². The molecule has 3 nitrogen and oxygen atoms in total. The number of hydrogen-bond donors (Lipinski definition) is 1. The third kappa shape index (κ3) is 2.42. The van der Waals surface area contributed by atoms with Gasteiger partial charge in [0.05, 0.1) is 5.30 Å². The summed E-state index contributed by atoms with van der Waals surface area (Å²) in [4.78, 5) is 9.29. The second-order valence-corrected chi connectivity index (χ2v) is 4.37. The van der Waals surface area contributed by atoms with Gasteiger partial charge >= 0.3 is 7.60 Å². The normalized spacial score (nSPS) is 15.5. The van der Waals surface area contributed by atoms with Crippen LogP contribution in [0.2, 0.25) is 0 Å². The molecule has 0 bridgehead atoms. The average Bonchev–Trinajstić information content (AvgIpc) is 2.06. The van der Waals surface area contributed by atoms with E-state index in [0.29, 0.717) is 5.30 Å². The maximum absolute atomic E-state index is 11.3. The van der Waals surface area contributed by atoms with Crippen molar-refractivity contribution in [1.29, 1.82) is 0 Å². The molecule has 1 rings (SSSR count). The summed E-state index contributed by atoms with van der Waals surface area (Å²) in [6.07, 6.45) is 0. The van der Waals surface area contributed by atoms with E-state index >= 15 is 0 Å². The predicted molar refractivity (Wildman–Crippen MR) is 50.8 cm³/mol. The number of rotatable bonds is 3. The summed E-state index contributed by atoms with van der Waals surface area (Å²) in [6.45, 7) is 0. The van der Waals surface area contributed by atoms with Gasteiger partial charge in [-0.2, -0.15) is 0 Å². The van der Waals surface area contributed by atoms with Crippen LogP contribution in [0, 0.1) is 0 Å². The Hall–Kier alpha value is -0.150. The van der Waals surface area contributed by atoms with Gasteiger partial charge in [0.15, 0.2) is 0 Å². The molecule has 1 aromatic rings. The smallest absolute Gasteiger partial charge is 0.321 e. The molecule has 1 atom stereocenters. The van der Waals surface area contributed by atoms with Crippen molar-refractivity contribution in [2.75, 3.05) is 5.52 Å². The summed E-state index contributed by atoms with van der Waals surface area (Å²) in [5.74, 6) is 0. The topological polar surface area (TPSA) is 46.5 Å². The van der Waals surface area contributed by atoms with Crippen LogP contribution in [-0.2, 0) is 9.09 Å². The Morgan fingerprint density at radius 3 is 2.50 bits per heavy atom. The third-order valence-electron chi connectivity index (χ3n) is 1.31. The molecule has 0 radical (unpaired) electrons. The van der Waals surface area contributed by atoms with E-state index < -0.39 is 7.60 Å². The van der Waals surface area contributed by atoms with Crippen molar-refractivity contribution in [3.8, 4) is 0 Å². The molecular weight excluding hydrogens is 243 g/mol. The molecule has 0 spiro atoms. The Morgan fingerprint density at radius 1 is 1.42 bits per heavy atom. The van der Waals surface area contributed by atoms with Gasteiger partial charge in [-0.05, 0) is 12.1 Å². The lowest BCUT2D eigenvalue weighted by molar-refractivity contribution is 0.318. The number of benzene rings is 1. The number of alkyl halides is 1. The Bertz CT molecular complexity index is 288. The summed E-state index contributed by atoms with van der Waals surface area (Å²) in [7, 11) is -3.59. The molecule has 66 valence electrons. The van der Waals surface area contributed by atoms with Gasteiger partial charge in [-0.15, -0.1) is 0 Å². The molecule has 0 aromatic heterocycles. The van der Waals surface area contributed by atoms with Crippen LogP contribution in [0.1, 0.15) is 0 Å². The quantitative estimate of drug-likeness (QED) is 0.658. The number of hydrogen-bond acceptors (Lipinski definition) is 2. The van der Waals surface area contributed by atoms with E-state index in [9.17, 15) is 9.46 Å². The van der Waals surface area contributed by atoms with E-state index in [1.807, 2.05) is 0 Å². The van der Waals surface area contributed by atoms with Crippen LogP contribution in [0.5, 0.6) is 0 Å². The van der Waals surface area contributed by atoms with Gasteiger partial charge < -0.3 is 4.89 Å². The van der Waals surface area contributed by atoms with E-state index in [2.05, 4.69) is 20.5 Å². The van der Waals surface area contributed by atoms with Crippen molar-refractivity contribution in [3.63, 3.8) is 0 Å².